The molecule has 3 rings (SSSR count). The number of para-hydroxylation sites is 1. The molecule has 1 unspecified atom stereocenters. The van der Waals surface area contributed by atoms with Crippen molar-refractivity contribution in [3.05, 3.63) is 41.7 Å². The van der Waals surface area contributed by atoms with E-state index < -0.39 is 24.7 Å². The van der Waals surface area contributed by atoms with E-state index in [0.29, 0.717) is 18.7 Å². The Kier molecular flexibility index (Phi) is 5.81. The first kappa shape index (κ1) is 19.6. The second-order valence-electron chi connectivity index (χ2n) is 6.66. The highest BCUT2D eigenvalue weighted by Crippen LogP contribution is 2.24. The van der Waals surface area contributed by atoms with Crippen LogP contribution < -0.4 is 21.8 Å². The maximum Gasteiger partial charge on any atom is 0.322 e. The highest BCUT2D eigenvalue weighted by molar-refractivity contribution is 6.01. The van der Waals surface area contributed by atoms with E-state index in [1.807, 2.05) is 19.1 Å². The Morgan fingerprint density at radius 3 is 2.54 bits per heavy atom. The number of carbonyl (C=O) groups is 2. The molecule has 2 aliphatic rings. The summed E-state index contributed by atoms with van der Waals surface area (Å²) in [5, 5.41) is 12.6. The van der Waals surface area contributed by atoms with E-state index in [-0.39, 0.29) is 0 Å². The maximum atomic E-state index is 12.4. The first-order valence-electron chi connectivity index (χ1n) is 9.01. The highest BCUT2D eigenvalue weighted by atomic mass is 16.4. The number of hydrogen-bond donors (Lipinski definition) is 4. The van der Waals surface area contributed by atoms with E-state index in [9.17, 15) is 9.59 Å². The van der Waals surface area contributed by atoms with Gasteiger partial charge in [0.25, 0.3) is 5.91 Å². The number of carbonyl (C=O) groups excluding carboxylic acids is 1. The van der Waals surface area contributed by atoms with Crippen molar-refractivity contribution >= 4 is 23.3 Å². The number of piperazine rings is 1. The Balaban J connectivity index is 1.69. The van der Waals surface area contributed by atoms with E-state index in [2.05, 4.69) is 20.1 Å². The molecule has 1 aromatic carbocycles. The van der Waals surface area contributed by atoms with Gasteiger partial charge in [-0.1, -0.05) is 12.1 Å². The summed E-state index contributed by atoms with van der Waals surface area (Å²) in [6, 6.07) is 7.20. The Bertz CT molecular complexity index is 815. The average Bonchev–Trinajstić information content (AvgIpc) is 2.69. The predicted octanol–water partition coefficient (Wildman–Crippen LogP) is -0.643. The van der Waals surface area contributed by atoms with E-state index in [1.165, 1.54) is 5.01 Å². The summed E-state index contributed by atoms with van der Waals surface area (Å²) in [6.45, 7) is 4.35. The van der Waals surface area contributed by atoms with Gasteiger partial charge in [-0.15, -0.1) is 0 Å². The van der Waals surface area contributed by atoms with Crippen molar-refractivity contribution in [3.8, 4) is 0 Å². The Labute approximate surface area is 163 Å². The molecule has 1 atom stereocenters. The molecule has 6 N–H and O–H groups in total. The predicted molar refractivity (Wildman–Crippen MR) is 105 cm³/mol. The molecule has 0 spiro atoms. The fourth-order valence-corrected chi connectivity index (χ4v) is 3.33. The van der Waals surface area contributed by atoms with Crippen molar-refractivity contribution in [1.29, 1.82) is 0 Å². The zero-order chi connectivity index (χ0) is 20.3. The summed E-state index contributed by atoms with van der Waals surface area (Å²) in [4.78, 5) is 31.7. The summed E-state index contributed by atoms with van der Waals surface area (Å²) in [5.41, 5.74) is 8.85. The number of nitrogens with zero attached hydrogens (tertiary/aromatic N) is 4. The molecule has 150 valence electrons. The van der Waals surface area contributed by atoms with Crippen molar-refractivity contribution in [2.24, 2.45) is 16.6 Å². The van der Waals surface area contributed by atoms with Gasteiger partial charge in [0.15, 0.2) is 6.29 Å². The average molecular weight is 387 g/mol. The number of nitrogens with one attached hydrogen (secondary N) is 1. The molecule has 0 bridgehead atoms. The number of rotatable bonds is 5. The molecule has 0 aromatic heterocycles. The third-order valence-corrected chi connectivity index (χ3v) is 4.78. The Hall–Kier alpha value is -3.11. The largest absolute Gasteiger partial charge is 0.480 e. The number of benzene rings is 1. The lowest BCUT2D eigenvalue weighted by Gasteiger charge is -2.40. The summed E-state index contributed by atoms with van der Waals surface area (Å²) < 4.78 is 0. The normalized spacial score (nSPS) is 19.8. The third-order valence-electron chi connectivity index (χ3n) is 4.78. The summed E-state index contributed by atoms with van der Waals surface area (Å²) >= 11 is 0. The minimum atomic E-state index is -1.08. The van der Waals surface area contributed by atoms with Crippen molar-refractivity contribution in [3.63, 3.8) is 0 Å². The molecular formula is C18H25N7O3. The highest BCUT2D eigenvalue weighted by Gasteiger charge is 2.26. The number of carboxylic acids is 1. The number of allylic oxidation sites excluding steroid dienone is 1. The van der Waals surface area contributed by atoms with Crippen LogP contribution in [-0.4, -0.2) is 71.6 Å². The lowest BCUT2D eigenvalue weighted by atomic mass is 10.1. The molecule has 0 radical (unpaired) electrons. The van der Waals surface area contributed by atoms with Crippen molar-refractivity contribution in [2.45, 2.75) is 13.2 Å². The molecular weight excluding hydrogens is 362 g/mol. The second kappa shape index (κ2) is 8.28. The van der Waals surface area contributed by atoms with Crippen molar-refractivity contribution in [2.75, 3.05) is 37.6 Å². The van der Waals surface area contributed by atoms with E-state index in [0.717, 1.165) is 30.2 Å². The number of nitrogens with two attached hydrogens (primary N) is 2. The van der Waals surface area contributed by atoms with Gasteiger partial charge in [0, 0.05) is 38.1 Å². The van der Waals surface area contributed by atoms with Gasteiger partial charge in [-0.3, -0.25) is 20.3 Å². The SMILES string of the molecule is CC1=NC(N)N(N)C=C1N1CCN(c2ccccc2C(=O)NCC(=O)O)CC1. The van der Waals surface area contributed by atoms with Crippen LogP contribution in [0.15, 0.2) is 41.2 Å². The van der Waals surface area contributed by atoms with Gasteiger partial charge in [-0.25, -0.2) is 10.8 Å². The minimum absolute atomic E-state index is 0.397. The van der Waals surface area contributed by atoms with Gasteiger partial charge in [0.2, 0.25) is 0 Å². The van der Waals surface area contributed by atoms with Gasteiger partial charge in [0.05, 0.1) is 17.0 Å². The number of aliphatic carboxylic acids is 1. The summed E-state index contributed by atoms with van der Waals surface area (Å²) in [6.07, 6.45) is 1.23. The van der Waals surface area contributed by atoms with E-state index in [4.69, 9.17) is 16.7 Å². The molecule has 1 saturated heterocycles. The molecule has 1 fully saturated rings. The summed E-state index contributed by atoms with van der Waals surface area (Å²) in [7, 11) is 0. The molecule has 1 aromatic rings. The number of hydrazine groups is 1. The molecule has 28 heavy (non-hydrogen) atoms. The third kappa shape index (κ3) is 4.24. The van der Waals surface area contributed by atoms with Crippen LogP contribution in [0.5, 0.6) is 0 Å². The fraction of sp³-hybridized carbons (Fsp3) is 0.389. The minimum Gasteiger partial charge on any atom is -0.480 e. The Morgan fingerprint density at radius 1 is 1.21 bits per heavy atom. The lowest BCUT2D eigenvalue weighted by molar-refractivity contribution is -0.135. The zero-order valence-electron chi connectivity index (χ0n) is 15.7. The van der Waals surface area contributed by atoms with Crippen LogP contribution in [0.1, 0.15) is 17.3 Å². The van der Waals surface area contributed by atoms with Gasteiger partial charge < -0.3 is 20.2 Å². The van der Waals surface area contributed by atoms with Crippen LogP contribution in [0.3, 0.4) is 0 Å². The van der Waals surface area contributed by atoms with Crippen molar-refractivity contribution < 1.29 is 14.7 Å². The fourth-order valence-electron chi connectivity index (χ4n) is 3.33. The zero-order valence-corrected chi connectivity index (χ0v) is 15.7. The molecule has 0 aliphatic carbocycles. The van der Waals surface area contributed by atoms with Gasteiger partial charge >= 0.3 is 5.97 Å². The molecule has 10 nitrogen and oxygen atoms in total. The van der Waals surface area contributed by atoms with Crippen LogP contribution in [0.4, 0.5) is 5.69 Å². The van der Waals surface area contributed by atoms with Crippen molar-refractivity contribution in [1.82, 2.24) is 15.2 Å². The van der Waals surface area contributed by atoms with Crippen LogP contribution >= 0.6 is 0 Å². The molecule has 2 heterocycles. The number of carboxylic acid groups (broad SMARTS) is 1. The number of amides is 1. The van der Waals surface area contributed by atoms with Gasteiger partial charge in [-0.2, -0.15) is 0 Å². The number of hydrogen-bond acceptors (Lipinski definition) is 8. The molecule has 0 saturated carbocycles. The maximum absolute atomic E-state index is 12.4. The smallest absolute Gasteiger partial charge is 0.322 e. The molecule has 2 aliphatic heterocycles. The van der Waals surface area contributed by atoms with Crippen LogP contribution in [0.25, 0.3) is 0 Å². The van der Waals surface area contributed by atoms with Crippen LogP contribution in [-0.2, 0) is 4.79 Å². The van der Waals surface area contributed by atoms with Crippen LogP contribution in [0.2, 0.25) is 0 Å². The number of anilines is 1. The number of aliphatic imine (C=N–C) groups is 1. The Morgan fingerprint density at radius 2 is 1.86 bits per heavy atom. The standard InChI is InChI=1S/C18H25N7O3/c1-12-15(11-25(20)18(19)22-12)24-8-6-23(7-9-24)14-5-3-2-4-13(14)17(28)21-10-16(26)27/h2-5,11,18H,6-10,19-20H2,1H3,(H,21,28)(H,26,27). The first-order valence-corrected chi connectivity index (χ1v) is 9.01. The van der Waals surface area contributed by atoms with E-state index >= 15 is 0 Å². The summed E-state index contributed by atoms with van der Waals surface area (Å²) in [5.74, 6) is 4.39. The molecule has 10 heteroatoms. The van der Waals surface area contributed by atoms with Gasteiger partial charge in [-0.05, 0) is 19.1 Å². The molecule has 1 amide bonds. The monoisotopic (exact) mass is 387 g/mol. The van der Waals surface area contributed by atoms with Gasteiger partial charge in [0.1, 0.15) is 6.54 Å². The topological polar surface area (TPSA) is 141 Å². The van der Waals surface area contributed by atoms with Crippen LogP contribution in [0, 0.1) is 0 Å². The first-order chi connectivity index (χ1) is 13.4. The quantitative estimate of drug-likeness (QED) is 0.489. The lowest BCUT2D eigenvalue weighted by Crippen LogP contribution is -2.51. The second-order valence-corrected chi connectivity index (χ2v) is 6.66. The van der Waals surface area contributed by atoms with E-state index in [1.54, 1.807) is 18.3 Å².